The van der Waals surface area contributed by atoms with Crippen molar-refractivity contribution in [2.24, 2.45) is 17.3 Å². The van der Waals surface area contributed by atoms with E-state index in [4.69, 9.17) is 5.73 Å². The number of hydrogen-bond donors (Lipinski definition) is 3. The smallest absolute Gasteiger partial charge is 0.138 e. The number of aliphatic hydroxyl groups excluding tert-OH is 1. The minimum atomic E-state index is -0.116. The number of nitrogen functional groups attached to an aromatic ring is 1. The standard InChI is InChI=1S/C18H25NO2.ClH/c1-18-7-6-11-12(14(18)4-5-17(18)21)3-2-10-8-16(20)15(19)9-13(10)11;/h8-9,11-12,14,17,20-21H,2-7,19H2,1H3;1H/p-1/t11?,12?,14?,17-,18-;/m0./s1. The van der Waals surface area contributed by atoms with E-state index in [-0.39, 0.29) is 29.7 Å². The van der Waals surface area contributed by atoms with Crippen LogP contribution < -0.4 is 18.1 Å². The third-order valence-corrected chi connectivity index (χ3v) is 6.82. The van der Waals surface area contributed by atoms with E-state index in [2.05, 4.69) is 6.92 Å². The lowest BCUT2D eigenvalue weighted by Gasteiger charge is -2.50. The highest BCUT2D eigenvalue weighted by Gasteiger charge is 2.54. The molecule has 3 aliphatic rings. The lowest BCUT2D eigenvalue weighted by atomic mass is 9.55. The van der Waals surface area contributed by atoms with Gasteiger partial charge in [-0.25, -0.2) is 0 Å². The van der Waals surface area contributed by atoms with Crippen LogP contribution in [0.5, 0.6) is 5.75 Å². The molecule has 0 aliphatic heterocycles. The van der Waals surface area contributed by atoms with Crippen molar-refractivity contribution in [3.05, 3.63) is 23.3 Å². The van der Waals surface area contributed by atoms with Crippen LogP contribution in [-0.4, -0.2) is 16.3 Å². The summed E-state index contributed by atoms with van der Waals surface area (Å²) in [6.07, 6.45) is 6.50. The summed E-state index contributed by atoms with van der Waals surface area (Å²) in [6, 6.07) is 3.88. The fraction of sp³-hybridized carbons (Fsp3) is 0.667. The van der Waals surface area contributed by atoms with Crippen molar-refractivity contribution < 1.29 is 22.6 Å². The Labute approximate surface area is 138 Å². The molecule has 3 nitrogen and oxygen atoms in total. The molecular formula is C18H25ClNO2-. The number of aliphatic hydroxyl groups is 1. The Morgan fingerprint density at radius 2 is 1.95 bits per heavy atom. The van der Waals surface area contributed by atoms with E-state index in [1.165, 1.54) is 24.0 Å². The average Bonchev–Trinajstić information content (AvgIpc) is 2.76. The molecule has 0 amide bonds. The van der Waals surface area contributed by atoms with Crippen LogP contribution in [0.3, 0.4) is 0 Å². The summed E-state index contributed by atoms with van der Waals surface area (Å²) in [5.41, 5.74) is 9.21. The fourth-order valence-corrected chi connectivity index (χ4v) is 5.60. The molecule has 2 fully saturated rings. The van der Waals surface area contributed by atoms with Crippen molar-refractivity contribution in [2.45, 2.75) is 57.5 Å². The first-order chi connectivity index (χ1) is 10.0. The molecule has 122 valence electrons. The lowest BCUT2D eigenvalue weighted by molar-refractivity contribution is -0.0226. The number of phenols is 1. The van der Waals surface area contributed by atoms with E-state index in [9.17, 15) is 10.2 Å². The average molecular weight is 323 g/mol. The van der Waals surface area contributed by atoms with E-state index in [0.717, 1.165) is 25.7 Å². The van der Waals surface area contributed by atoms with Gasteiger partial charge < -0.3 is 28.4 Å². The van der Waals surface area contributed by atoms with Crippen LogP contribution in [-0.2, 0) is 6.42 Å². The number of fused-ring (bicyclic) bond motifs is 5. The fourth-order valence-electron chi connectivity index (χ4n) is 5.60. The molecule has 0 saturated heterocycles. The Bertz CT molecular complexity index is 591. The molecule has 5 atom stereocenters. The number of nitrogens with two attached hydrogens (primary N) is 1. The predicted molar refractivity (Wildman–Crippen MR) is 83.1 cm³/mol. The van der Waals surface area contributed by atoms with Crippen molar-refractivity contribution in [3.8, 4) is 5.75 Å². The van der Waals surface area contributed by atoms with E-state index < -0.39 is 0 Å². The third kappa shape index (κ3) is 2.05. The number of hydrogen-bond acceptors (Lipinski definition) is 3. The highest BCUT2D eigenvalue weighted by atomic mass is 35.5. The van der Waals surface area contributed by atoms with Crippen LogP contribution in [0.4, 0.5) is 5.69 Å². The number of halogens is 1. The maximum Gasteiger partial charge on any atom is 0.138 e. The molecule has 0 radical (unpaired) electrons. The summed E-state index contributed by atoms with van der Waals surface area (Å²) in [6.45, 7) is 2.30. The quantitative estimate of drug-likeness (QED) is 0.472. The molecule has 4 rings (SSSR count). The van der Waals surface area contributed by atoms with Crippen LogP contribution in [0.15, 0.2) is 12.1 Å². The largest absolute Gasteiger partial charge is 1.00 e. The maximum atomic E-state index is 10.4. The molecular weight excluding hydrogens is 298 g/mol. The van der Waals surface area contributed by atoms with Gasteiger partial charge in [-0.2, -0.15) is 0 Å². The second kappa shape index (κ2) is 5.31. The summed E-state index contributed by atoms with van der Waals surface area (Å²) in [5, 5.41) is 20.2. The number of rotatable bonds is 0. The van der Waals surface area contributed by atoms with E-state index in [1.807, 2.05) is 12.1 Å². The van der Waals surface area contributed by atoms with Crippen LogP contribution >= 0.6 is 0 Å². The van der Waals surface area contributed by atoms with Crippen molar-refractivity contribution >= 4 is 5.69 Å². The molecule has 0 bridgehead atoms. The molecule has 4 N–H and O–H groups in total. The summed E-state index contributed by atoms with van der Waals surface area (Å²) >= 11 is 0. The molecule has 3 aliphatic carbocycles. The number of anilines is 1. The van der Waals surface area contributed by atoms with Crippen molar-refractivity contribution in [2.75, 3.05) is 5.73 Å². The van der Waals surface area contributed by atoms with Gasteiger partial charge in [-0.15, -0.1) is 0 Å². The zero-order chi connectivity index (χ0) is 14.8. The summed E-state index contributed by atoms with van der Waals surface area (Å²) in [5.74, 6) is 2.12. The zero-order valence-corrected chi connectivity index (χ0v) is 13.8. The van der Waals surface area contributed by atoms with Gasteiger partial charge in [-0.3, -0.25) is 0 Å². The van der Waals surface area contributed by atoms with Gasteiger partial charge in [-0.1, -0.05) is 6.92 Å². The highest BCUT2D eigenvalue weighted by Crippen LogP contribution is 2.61. The van der Waals surface area contributed by atoms with E-state index in [1.54, 1.807) is 0 Å². The van der Waals surface area contributed by atoms with Gasteiger partial charge in [0.1, 0.15) is 5.75 Å². The van der Waals surface area contributed by atoms with Crippen molar-refractivity contribution in [1.82, 2.24) is 0 Å². The first-order valence-corrected chi connectivity index (χ1v) is 8.30. The minimum absolute atomic E-state index is 0. The van der Waals surface area contributed by atoms with Crippen LogP contribution in [0.25, 0.3) is 0 Å². The first kappa shape index (κ1) is 15.9. The number of aromatic hydroxyl groups is 1. The Hall–Kier alpha value is -0.930. The summed E-state index contributed by atoms with van der Waals surface area (Å²) < 4.78 is 0. The van der Waals surface area contributed by atoms with Gasteiger partial charge in [0.25, 0.3) is 0 Å². The molecule has 1 aromatic rings. The van der Waals surface area contributed by atoms with Crippen molar-refractivity contribution in [1.29, 1.82) is 0 Å². The molecule has 1 aromatic carbocycles. The Balaban J connectivity index is 0.00000144. The van der Waals surface area contributed by atoms with Crippen LogP contribution in [0, 0.1) is 17.3 Å². The SMILES string of the molecule is C[C@]12CCC3c4cc(N)c(O)cc4CCC3C1CC[C@@H]2O.[Cl-]. The Kier molecular flexibility index (Phi) is 3.85. The topological polar surface area (TPSA) is 66.5 Å². The van der Waals surface area contributed by atoms with Gasteiger partial charge in [0.2, 0.25) is 0 Å². The lowest BCUT2D eigenvalue weighted by Crippen LogP contribution is -3.00. The molecule has 0 aromatic heterocycles. The summed E-state index contributed by atoms with van der Waals surface area (Å²) in [4.78, 5) is 0. The van der Waals surface area contributed by atoms with Crippen LogP contribution in [0.1, 0.15) is 56.1 Å². The highest BCUT2D eigenvalue weighted by molar-refractivity contribution is 5.57. The van der Waals surface area contributed by atoms with Gasteiger partial charge >= 0.3 is 0 Å². The second-order valence-electron chi connectivity index (χ2n) is 7.66. The minimum Gasteiger partial charge on any atom is -1.00 e. The van der Waals surface area contributed by atoms with Crippen molar-refractivity contribution in [3.63, 3.8) is 0 Å². The van der Waals surface area contributed by atoms with Gasteiger partial charge in [-0.05, 0) is 85.0 Å². The van der Waals surface area contributed by atoms with E-state index in [0.29, 0.717) is 23.4 Å². The Morgan fingerprint density at radius 1 is 1.18 bits per heavy atom. The predicted octanol–water partition coefficient (Wildman–Crippen LogP) is 0.195. The summed E-state index contributed by atoms with van der Waals surface area (Å²) in [7, 11) is 0. The van der Waals surface area contributed by atoms with Gasteiger partial charge in [0, 0.05) is 0 Å². The molecule has 2 saturated carbocycles. The Morgan fingerprint density at radius 3 is 2.73 bits per heavy atom. The molecule has 0 spiro atoms. The normalized spacial score (nSPS) is 39.4. The molecule has 3 unspecified atom stereocenters. The van der Waals surface area contributed by atoms with E-state index >= 15 is 0 Å². The van der Waals surface area contributed by atoms with Gasteiger partial charge in [0.05, 0.1) is 11.8 Å². The zero-order valence-electron chi connectivity index (χ0n) is 13.1. The maximum absolute atomic E-state index is 10.4. The second-order valence-corrected chi connectivity index (χ2v) is 7.66. The number of aryl methyl sites for hydroxylation is 1. The number of benzene rings is 1. The van der Waals surface area contributed by atoms with Gasteiger partial charge in [0.15, 0.2) is 0 Å². The molecule has 22 heavy (non-hydrogen) atoms. The van der Waals surface area contributed by atoms with Crippen LogP contribution in [0.2, 0.25) is 0 Å². The number of phenolic OH excluding ortho intramolecular Hbond substituents is 1. The molecule has 4 heteroatoms. The third-order valence-electron chi connectivity index (χ3n) is 6.82. The first-order valence-electron chi connectivity index (χ1n) is 8.30. The molecule has 0 heterocycles. The monoisotopic (exact) mass is 322 g/mol.